The largest absolute Gasteiger partial charge is 0.458 e. The second-order valence-corrected chi connectivity index (χ2v) is 13.8. The van der Waals surface area contributed by atoms with Crippen LogP contribution in [0.5, 0.6) is 0 Å². The zero-order valence-corrected chi connectivity index (χ0v) is 29.1. The summed E-state index contributed by atoms with van der Waals surface area (Å²) < 4.78 is 11.1. The van der Waals surface area contributed by atoms with Crippen LogP contribution in [0.1, 0.15) is 110 Å². The van der Waals surface area contributed by atoms with Gasteiger partial charge in [0.2, 0.25) is 11.8 Å². The van der Waals surface area contributed by atoms with E-state index in [1.54, 1.807) is 41.5 Å². The van der Waals surface area contributed by atoms with Crippen molar-refractivity contribution in [3.63, 3.8) is 0 Å². The van der Waals surface area contributed by atoms with Gasteiger partial charge in [-0.3, -0.25) is 9.59 Å². The van der Waals surface area contributed by atoms with Gasteiger partial charge in [0.25, 0.3) is 0 Å². The number of nitrogens with one attached hydrogen (secondary N) is 2. The Bertz CT molecular complexity index is 1270. The molecule has 0 aliphatic rings. The Kier molecular flexibility index (Phi) is 15.2. The number of aryl methyl sites for hydroxylation is 1. The molecule has 0 aliphatic carbocycles. The molecule has 0 aromatic heterocycles. The van der Waals surface area contributed by atoms with Gasteiger partial charge in [-0.15, -0.1) is 0 Å². The van der Waals surface area contributed by atoms with E-state index in [4.69, 9.17) is 9.47 Å². The lowest BCUT2D eigenvalue weighted by molar-refractivity contribution is -0.159. The number of alkyl carbamates (subject to hydrolysis) is 1. The molecule has 9 heteroatoms. The lowest BCUT2D eigenvalue weighted by atomic mass is 9.97. The first-order valence-electron chi connectivity index (χ1n) is 16.5. The van der Waals surface area contributed by atoms with Crippen LogP contribution in [0.15, 0.2) is 54.6 Å². The average Bonchev–Trinajstić information content (AvgIpc) is 2.96. The maximum absolute atomic E-state index is 14.4. The topological polar surface area (TPSA) is 114 Å². The summed E-state index contributed by atoms with van der Waals surface area (Å²) in [7, 11) is 0. The fraction of sp³-hybridized carbons (Fsp3) is 0.568. The lowest BCUT2D eigenvalue weighted by Gasteiger charge is -2.34. The minimum absolute atomic E-state index is 0.216. The van der Waals surface area contributed by atoms with Gasteiger partial charge < -0.3 is 25.0 Å². The van der Waals surface area contributed by atoms with Gasteiger partial charge >= 0.3 is 12.1 Å². The molecule has 0 heterocycles. The Morgan fingerprint density at radius 2 is 1.37 bits per heavy atom. The van der Waals surface area contributed by atoms with Crippen LogP contribution >= 0.6 is 0 Å². The van der Waals surface area contributed by atoms with Gasteiger partial charge in [0, 0.05) is 13.0 Å². The monoisotopic (exact) mass is 637 g/mol. The SMILES string of the molecule is CCCCCCCCN(C(=O)CNC(=O)OC(C)(C)C)C(C(=O)NC(Cc1ccccc1)C(=O)OC(C)(C)C)c1ccccc1C. The van der Waals surface area contributed by atoms with Gasteiger partial charge in [-0.05, 0) is 71.6 Å². The van der Waals surface area contributed by atoms with Crippen LogP contribution in [0.4, 0.5) is 4.79 Å². The summed E-state index contributed by atoms with van der Waals surface area (Å²) in [6.07, 6.45) is 5.45. The lowest BCUT2D eigenvalue weighted by Crippen LogP contribution is -2.52. The van der Waals surface area contributed by atoms with E-state index in [2.05, 4.69) is 17.6 Å². The molecule has 0 saturated carbocycles. The van der Waals surface area contributed by atoms with Crippen LogP contribution in [-0.4, -0.2) is 59.1 Å². The van der Waals surface area contributed by atoms with Crippen molar-refractivity contribution in [2.45, 2.75) is 124 Å². The summed E-state index contributed by atoms with van der Waals surface area (Å²) in [6, 6.07) is 14.8. The molecule has 2 rings (SSSR count). The Morgan fingerprint density at radius 1 is 0.783 bits per heavy atom. The zero-order chi connectivity index (χ0) is 34.3. The van der Waals surface area contributed by atoms with Crippen LogP contribution in [0.2, 0.25) is 0 Å². The van der Waals surface area contributed by atoms with Crippen LogP contribution in [-0.2, 0) is 30.3 Å². The molecule has 0 bridgehead atoms. The molecule has 0 aliphatic heterocycles. The van der Waals surface area contributed by atoms with Gasteiger partial charge in [0.15, 0.2) is 0 Å². The summed E-state index contributed by atoms with van der Waals surface area (Å²) in [4.78, 5) is 55.7. The van der Waals surface area contributed by atoms with Gasteiger partial charge in [-0.2, -0.15) is 0 Å². The minimum atomic E-state index is -1.05. The van der Waals surface area contributed by atoms with Crippen LogP contribution < -0.4 is 10.6 Å². The summed E-state index contributed by atoms with van der Waals surface area (Å²) in [5.74, 6) is -1.49. The summed E-state index contributed by atoms with van der Waals surface area (Å²) >= 11 is 0. The van der Waals surface area contributed by atoms with Gasteiger partial charge in [0.1, 0.15) is 29.8 Å². The molecule has 2 N–H and O–H groups in total. The number of carbonyl (C=O) groups is 4. The molecule has 2 unspecified atom stereocenters. The van der Waals surface area contributed by atoms with E-state index in [9.17, 15) is 19.2 Å². The van der Waals surface area contributed by atoms with Crippen molar-refractivity contribution in [3.05, 3.63) is 71.3 Å². The first-order chi connectivity index (χ1) is 21.6. The summed E-state index contributed by atoms with van der Waals surface area (Å²) in [5.41, 5.74) is 0.816. The van der Waals surface area contributed by atoms with Gasteiger partial charge in [-0.25, -0.2) is 9.59 Å². The van der Waals surface area contributed by atoms with E-state index in [0.29, 0.717) is 18.5 Å². The predicted molar refractivity (Wildman–Crippen MR) is 181 cm³/mol. The molecule has 46 heavy (non-hydrogen) atoms. The Balaban J connectivity index is 2.47. The molecular formula is C37H55N3O6. The highest BCUT2D eigenvalue weighted by Gasteiger charge is 2.36. The fourth-order valence-electron chi connectivity index (χ4n) is 5.03. The molecule has 0 fully saturated rings. The number of carbonyl (C=O) groups excluding carboxylic acids is 4. The van der Waals surface area contributed by atoms with Gasteiger partial charge in [0.05, 0.1) is 0 Å². The van der Waals surface area contributed by atoms with E-state index in [1.165, 1.54) is 4.90 Å². The Labute approximate surface area is 275 Å². The number of benzene rings is 2. The van der Waals surface area contributed by atoms with Crippen molar-refractivity contribution >= 4 is 23.9 Å². The number of hydrogen-bond acceptors (Lipinski definition) is 6. The normalized spacial score (nSPS) is 12.9. The van der Waals surface area contributed by atoms with Crippen molar-refractivity contribution < 1.29 is 28.7 Å². The number of hydrogen-bond donors (Lipinski definition) is 2. The number of rotatable bonds is 16. The Morgan fingerprint density at radius 3 is 1.98 bits per heavy atom. The molecule has 3 amide bonds. The first kappa shape index (κ1) is 38.3. The first-order valence-corrected chi connectivity index (χ1v) is 16.5. The molecule has 9 nitrogen and oxygen atoms in total. The van der Waals surface area contributed by atoms with E-state index in [1.807, 2.05) is 61.5 Å². The zero-order valence-electron chi connectivity index (χ0n) is 29.1. The quantitative estimate of drug-likeness (QED) is 0.154. The van der Waals surface area contributed by atoms with E-state index in [-0.39, 0.29) is 13.0 Å². The van der Waals surface area contributed by atoms with Crippen molar-refractivity contribution in [1.29, 1.82) is 0 Å². The molecule has 2 aromatic carbocycles. The Hall–Kier alpha value is -3.88. The third-order valence-electron chi connectivity index (χ3n) is 7.19. The molecular weight excluding hydrogens is 582 g/mol. The molecule has 2 atom stereocenters. The van der Waals surface area contributed by atoms with Crippen molar-refractivity contribution in [1.82, 2.24) is 15.5 Å². The maximum Gasteiger partial charge on any atom is 0.408 e. The smallest absolute Gasteiger partial charge is 0.408 e. The fourth-order valence-corrected chi connectivity index (χ4v) is 5.03. The number of ether oxygens (including phenoxy) is 2. The van der Waals surface area contributed by atoms with Crippen molar-refractivity contribution in [2.75, 3.05) is 13.1 Å². The van der Waals surface area contributed by atoms with Crippen molar-refractivity contribution in [3.8, 4) is 0 Å². The minimum Gasteiger partial charge on any atom is -0.458 e. The van der Waals surface area contributed by atoms with E-state index < -0.39 is 47.2 Å². The number of unbranched alkanes of at least 4 members (excludes halogenated alkanes) is 5. The summed E-state index contributed by atoms with van der Waals surface area (Å²) in [5, 5.41) is 5.50. The number of amides is 3. The van der Waals surface area contributed by atoms with Crippen LogP contribution in [0.3, 0.4) is 0 Å². The molecule has 254 valence electrons. The second kappa shape index (κ2) is 18.3. The highest BCUT2D eigenvalue weighted by Crippen LogP contribution is 2.26. The molecule has 0 radical (unpaired) electrons. The number of nitrogens with zero attached hydrogens (tertiary/aromatic N) is 1. The average molecular weight is 638 g/mol. The third-order valence-corrected chi connectivity index (χ3v) is 7.19. The standard InChI is InChI=1S/C37H55N3O6/c1-9-10-11-12-13-19-24-40(31(41)26-38-35(44)46-37(6,7)8)32(29-23-18-17-20-27(29)2)33(42)39-30(34(43)45-36(3,4)5)25-28-21-15-14-16-22-28/h14-18,20-23,30,32H,9-13,19,24-26H2,1-8H3,(H,38,44)(H,39,42). The van der Waals surface area contributed by atoms with Crippen molar-refractivity contribution in [2.24, 2.45) is 0 Å². The third kappa shape index (κ3) is 14.0. The van der Waals surface area contributed by atoms with E-state index >= 15 is 0 Å². The number of esters is 1. The van der Waals surface area contributed by atoms with Gasteiger partial charge in [-0.1, -0.05) is 93.6 Å². The highest BCUT2D eigenvalue weighted by atomic mass is 16.6. The highest BCUT2D eigenvalue weighted by molar-refractivity contribution is 5.93. The predicted octanol–water partition coefficient (Wildman–Crippen LogP) is 6.82. The second-order valence-electron chi connectivity index (χ2n) is 13.8. The molecule has 0 saturated heterocycles. The van der Waals surface area contributed by atoms with Crippen LogP contribution in [0, 0.1) is 6.92 Å². The maximum atomic E-state index is 14.4. The summed E-state index contributed by atoms with van der Waals surface area (Å²) in [6.45, 7) is 14.6. The van der Waals surface area contributed by atoms with Crippen LogP contribution in [0.25, 0.3) is 0 Å². The molecule has 2 aromatic rings. The van der Waals surface area contributed by atoms with E-state index in [0.717, 1.165) is 43.2 Å². The molecule has 0 spiro atoms.